The summed E-state index contributed by atoms with van der Waals surface area (Å²) in [5, 5.41) is 11.6. The van der Waals surface area contributed by atoms with Crippen LogP contribution in [0.1, 0.15) is 24.8 Å². The maximum Gasteiger partial charge on any atom is 0.329 e. The molecule has 0 unspecified atom stereocenters. The summed E-state index contributed by atoms with van der Waals surface area (Å²) in [6, 6.07) is 7.74. The van der Waals surface area contributed by atoms with E-state index in [0.29, 0.717) is 25.7 Å². The van der Waals surface area contributed by atoms with Crippen molar-refractivity contribution < 1.29 is 14.7 Å². The summed E-state index contributed by atoms with van der Waals surface area (Å²) >= 11 is 3.37. The summed E-state index contributed by atoms with van der Waals surface area (Å²) in [5.41, 5.74) is 0.0775. The van der Waals surface area contributed by atoms with Gasteiger partial charge in [0.2, 0.25) is 5.91 Å². The van der Waals surface area contributed by atoms with Gasteiger partial charge in [-0.15, -0.1) is 0 Å². The van der Waals surface area contributed by atoms with E-state index in [0.717, 1.165) is 10.0 Å². The minimum absolute atomic E-state index is 0.199. The average molecular weight is 312 g/mol. The molecule has 1 aromatic carbocycles. The fourth-order valence-corrected chi connectivity index (χ4v) is 2.24. The van der Waals surface area contributed by atoms with Crippen LogP contribution in [0.4, 0.5) is 0 Å². The van der Waals surface area contributed by atoms with Crippen LogP contribution in [-0.2, 0) is 16.0 Å². The molecule has 0 atom stereocenters. The Hall–Kier alpha value is -1.36. The van der Waals surface area contributed by atoms with Crippen LogP contribution in [0.5, 0.6) is 0 Å². The molecule has 0 heterocycles. The van der Waals surface area contributed by atoms with Crippen molar-refractivity contribution in [3.05, 3.63) is 34.3 Å². The zero-order valence-electron chi connectivity index (χ0n) is 9.78. The van der Waals surface area contributed by atoms with Crippen LogP contribution in [0, 0.1) is 0 Å². The van der Waals surface area contributed by atoms with Gasteiger partial charge in [-0.2, -0.15) is 0 Å². The van der Waals surface area contributed by atoms with Crippen LogP contribution in [0.3, 0.4) is 0 Å². The minimum atomic E-state index is -0.978. The molecular formula is C13H14BrNO3. The van der Waals surface area contributed by atoms with Crippen LogP contribution in [0.2, 0.25) is 0 Å². The lowest BCUT2D eigenvalue weighted by Gasteiger charge is -2.12. The predicted octanol–water partition coefficient (Wildman–Crippen LogP) is 2.12. The normalized spacial score (nSPS) is 16.1. The van der Waals surface area contributed by atoms with Crippen LogP contribution in [0.15, 0.2) is 28.7 Å². The summed E-state index contributed by atoms with van der Waals surface area (Å²) < 4.78 is 0.976. The number of benzene rings is 1. The van der Waals surface area contributed by atoms with Gasteiger partial charge in [-0.1, -0.05) is 28.1 Å². The Kier molecular flexibility index (Phi) is 3.71. The van der Waals surface area contributed by atoms with Crippen LogP contribution < -0.4 is 5.32 Å². The van der Waals surface area contributed by atoms with Crippen LogP contribution >= 0.6 is 15.9 Å². The molecule has 4 nitrogen and oxygen atoms in total. The van der Waals surface area contributed by atoms with E-state index in [1.165, 1.54) is 0 Å². The second kappa shape index (κ2) is 5.10. The van der Waals surface area contributed by atoms with Crippen molar-refractivity contribution in [1.29, 1.82) is 0 Å². The lowest BCUT2D eigenvalue weighted by molar-refractivity contribution is -0.143. The predicted molar refractivity (Wildman–Crippen MR) is 70.2 cm³/mol. The van der Waals surface area contributed by atoms with Crippen molar-refractivity contribution in [1.82, 2.24) is 5.32 Å². The third-order valence-corrected chi connectivity index (χ3v) is 3.56. The van der Waals surface area contributed by atoms with Crippen molar-refractivity contribution in [2.45, 2.75) is 31.2 Å². The fourth-order valence-electron chi connectivity index (χ4n) is 1.80. The molecule has 2 N–H and O–H groups in total. The quantitative estimate of drug-likeness (QED) is 0.875. The number of halogens is 1. The third kappa shape index (κ3) is 3.10. The Balaban J connectivity index is 1.84. The van der Waals surface area contributed by atoms with Gasteiger partial charge < -0.3 is 10.4 Å². The molecule has 1 aromatic rings. The maximum absolute atomic E-state index is 11.7. The molecule has 1 saturated carbocycles. The van der Waals surface area contributed by atoms with Gasteiger partial charge in [-0.05, 0) is 37.0 Å². The number of carboxylic acids is 1. The van der Waals surface area contributed by atoms with E-state index in [1.54, 1.807) is 0 Å². The first-order chi connectivity index (χ1) is 8.52. The zero-order chi connectivity index (χ0) is 13.2. The summed E-state index contributed by atoms with van der Waals surface area (Å²) in [6.07, 6.45) is 1.99. The number of hydrogen-bond acceptors (Lipinski definition) is 2. The Bertz CT molecular complexity index is 483. The van der Waals surface area contributed by atoms with Crippen molar-refractivity contribution in [2.24, 2.45) is 0 Å². The topological polar surface area (TPSA) is 66.4 Å². The van der Waals surface area contributed by atoms with Gasteiger partial charge in [0.25, 0.3) is 0 Å². The monoisotopic (exact) mass is 311 g/mol. The van der Waals surface area contributed by atoms with E-state index in [9.17, 15) is 9.59 Å². The van der Waals surface area contributed by atoms with E-state index < -0.39 is 11.5 Å². The average Bonchev–Trinajstić information content (AvgIpc) is 3.08. The number of aryl methyl sites for hydroxylation is 1. The van der Waals surface area contributed by atoms with Crippen molar-refractivity contribution >= 4 is 27.8 Å². The van der Waals surface area contributed by atoms with Gasteiger partial charge in [0.1, 0.15) is 5.54 Å². The molecule has 1 amide bonds. The Labute approximate surface area is 114 Å². The maximum atomic E-state index is 11.7. The molecule has 0 aliphatic heterocycles. The summed E-state index contributed by atoms with van der Waals surface area (Å²) in [5.74, 6) is -1.13. The van der Waals surface area contributed by atoms with Crippen molar-refractivity contribution in [3.63, 3.8) is 0 Å². The van der Waals surface area contributed by atoms with E-state index in [4.69, 9.17) is 5.11 Å². The number of carboxylic acid groups (broad SMARTS) is 1. The molecule has 0 saturated heterocycles. The van der Waals surface area contributed by atoms with Crippen LogP contribution in [0.25, 0.3) is 0 Å². The molecule has 2 rings (SSSR count). The summed E-state index contributed by atoms with van der Waals surface area (Å²) in [4.78, 5) is 22.6. The van der Waals surface area contributed by atoms with Gasteiger partial charge in [0.15, 0.2) is 0 Å². The SMILES string of the molecule is O=C(CCc1cccc(Br)c1)NC1(C(=O)O)CC1. The number of hydrogen-bond donors (Lipinski definition) is 2. The molecule has 1 fully saturated rings. The molecule has 1 aliphatic rings. The zero-order valence-corrected chi connectivity index (χ0v) is 11.4. The molecule has 0 spiro atoms. The van der Waals surface area contributed by atoms with E-state index >= 15 is 0 Å². The highest BCUT2D eigenvalue weighted by molar-refractivity contribution is 9.10. The standard InChI is InChI=1S/C13H14BrNO3/c14-10-3-1-2-9(8-10)4-5-11(16)15-13(6-7-13)12(17)18/h1-3,8H,4-7H2,(H,15,16)(H,17,18). The third-order valence-electron chi connectivity index (χ3n) is 3.07. The lowest BCUT2D eigenvalue weighted by Crippen LogP contribution is -2.43. The molecule has 1 aliphatic carbocycles. The van der Waals surface area contributed by atoms with E-state index in [2.05, 4.69) is 21.2 Å². The minimum Gasteiger partial charge on any atom is -0.480 e. The number of amides is 1. The van der Waals surface area contributed by atoms with Gasteiger partial charge in [-0.3, -0.25) is 4.79 Å². The Morgan fingerprint density at radius 3 is 2.67 bits per heavy atom. The fraction of sp³-hybridized carbons (Fsp3) is 0.385. The van der Waals surface area contributed by atoms with Gasteiger partial charge in [-0.25, -0.2) is 4.79 Å². The highest BCUT2D eigenvalue weighted by Crippen LogP contribution is 2.35. The first-order valence-corrected chi connectivity index (χ1v) is 6.60. The van der Waals surface area contributed by atoms with Gasteiger partial charge >= 0.3 is 5.97 Å². The highest BCUT2D eigenvalue weighted by atomic mass is 79.9. The van der Waals surface area contributed by atoms with E-state index in [1.807, 2.05) is 24.3 Å². The second-order valence-electron chi connectivity index (χ2n) is 4.57. The van der Waals surface area contributed by atoms with Crippen LogP contribution in [-0.4, -0.2) is 22.5 Å². The van der Waals surface area contributed by atoms with Crippen molar-refractivity contribution in [3.8, 4) is 0 Å². The summed E-state index contributed by atoms with van der Waals surface area (Å²) in [7, 11) is 0. The molecule has 18 heavy (non-hydrogen) atoms. The van der Waals surface area contributed by atoms with Gasteiger partial charge in [0.05, 0.1) is 0 Å². The smallest absolute Gasteiger partial charge is 0.329 e. The molecular weight excluding hydrogens is 298 g/mol. The number of carbonyl (C=O) groups is 2. The van der Waals surface area contributed by atoms with E-state index in [-0.39, 0.29) is 5.91 Å². The number of aliphatic carboxylic acids is 1. The van der Waals surface area contributed by atoms with Crippen molar-refractivity contribution in [2.75, 3.05) is 0 Å². The number of nitrogens with one attached hydrogen (secondary N) is 1. The lowest BCUT2D eigenvalue weighted by atomic mass is 10.1. The first kappa shape index (κ1) is 13.1. The van der Waals surface area contributed by atoms with Gasteiger partial charge in [0, 0.05) is 10.9 Å². The number of carbonyl (C=O) groups excluding carboxylic acids is 1. The largest absolute Gasteiger partial charge is 0.480 e. The summed E-state index contributed by atoms with van der Waals surface area (Å²) in [6.45, 7) is 0. The molecule has 0 radical (unpaired) electrons. The Morgan fingerprint density at radius 1 is 1.39 bits per heavy atom. The highest BCUT2D eigenvalue weighted by Gasteiger charge is 2.51. The molecule has 5 heteroatoms. The Morgan fingerprint density at radius 2 is 2.11 bits per heavy atom. The molecule has 96 valence electrons. The molecule has 0 aromatic heterocycles. The first-order valence-electron chi connectivity index (χ1n) is 5.81. The number of rotatable bonds is 5. The second-order valence-corrected chi connectivity index (χ2v) is 5.48. The molecule has 0 bridgehead atoms.